The van der Waals surface area contributed by atoms with Crippen LogP contribution >= 0.6 is 11.8 Å². The first-order valence-corrected chi connectivity index (χ1v) is 9.58. The Kier molecular flexibility index (Phi) is 4.73. The molecule has 0 radical (unpaired) electrons. The number of fused-ring (bicyclic) bond motifs is 2. The molecule has 1 unspecified atom stereocenters. The Hall–Kier alpha value is -1.37. The van der Waals surface area contributed by atoms with Gasteiger partial charge in [-0.05, 0) is 39.0 Å². The van der Waals surface area contributed by atoms with Crippen LogP contribution in [0.25, 0.3) is 0 Å². The Morgan fingerprint density at radius 2 is 1.79 bits per heavy atom. The summed E-state index contributed by atoms with van der Waals surface area (Å²) >= 11 is -0.0796. The number of hydrogen-bond donors (Lipinski definition) is 0. The quantitative estimate of drug-likeness (QED) is 0.676. The van der Waals surface area contributed by atoms with Crippen LogP contribution in [0.3, 0.4) is 0 Å². The van der Waals surface area contributed by atoms with E-state index in [2.05, 4.69) is 4.40 Å². The van der Waals surface area contributed by atoms with E-state index in [1.807, 2.05) is 45.0 Å². The average molecular weight is 365 g/mol. The van der Waals surface area contributed by atoms with E-state index < -0.39 is 27.7 Å². The van der Waals surface area contributed by atoms with E-state index in [1.54, 1.807) is 0 Å². The minimum Gasteiger partial charge on any atom is -0.591 e. The summed E-state index contributed by atoms with van der Waals surface area (Å²) in [5.41, 5.74) is 2.02. The first-order chi connectivity index (χ1) is 11.3. The van der Waals surface area contributed by atoms with Gasteiger partial charge in [0, 0.05) is 27.3 Å². The molecule has 126 valence electrons. The van der Waals surface area contributed by atoms with Gasteiger partial charge in [0.25, 0.3) is 0 Å². The summed E-state index contributed by atoms with van der Waals surface area (Å²) in [4.78, 5) is 0.915. The lowest BCUT2D eigenvalue weighted by Gasteiger charge is -2.20. The molecule has 0 aliphatic carbocycles. The van der Waals surface area contributed by atoms with Crippen molar-refractivity contribution < 1.29 is 13.3 Å². The number of thioether (sulfide) groups is 1. The molecule has 0 N–H and O–H groups in total. The van der Waals surface area contributed by atoms with Crippen LogP contribution in [0.15, 0.2) is 45.7 Å². The van der Waals surface area contributed by atoms with Gasteiger partial charge >= 0.3 is 0 Å². The normalized spacial score (nSPS) is 17.2. The number of benzene rings is 2. The van der Waals surface area contributed by atoms with Crippen molar-refractivity contribution in [2.24, 2.45) is 4.40 Å². The van der Waals surface area contributed by atoms with Crippen LogP contribution in [0.5, 0.6) is 0 Å². The molecule has 1 aliphatic rings. The Bertz CT molecular complexity index is 815. The summed E-state index contributed by atoms with van der Waals surface area (Å²) in [6.07, 6.45) is 0. The lowest BCUT2D eigenvalue weighted by atomic mass is 9.98. The monoisotopic (exact) mass is 365 g/mol. The van der Waals surface area contributed by atoms with E-state index in [4.69, 9.17) is 0 Å². The summed E-state index contributed by atoms with van der Waals surface area (Å²) in [6.45, 7) is 5.49. The SMILES string of the molecule is CC(C)(C)[S+]([O-])N=C1c2ccccc2SCc2c1ccc(F)c2F. The molecule has 2 aromatic rings. The Labute approximate surface area is 147 Å². The maximum atomic E-state index is 14.3. The molecule has 2 nitrogen and oxygen atoms in total. The first-order valence-electron chi connectivity index (χ1n) is 7.49. The zero-order valence-electron chi connectivity index (χ0n) is 13.6. The number of halogens is 2. The predicted molar refractivity (Wildman–Crippen MR) is 95.9 cm³/mol. The van der Waals surface area contributed by atoms with Crippen LogP contribution in [0.1, 0.15) is 37.5 Å². The summed E-state index contributed by atoms with van der Waals surface area (Å²) in [5.74, 6) is -1.43. The van der Waals surface area contributed by atoms with Gasteiger partial charge in [-0.1, -0.05) is 22.6 Å². The van der Waals surface area contributed by atoms with Crippen molar-refractivity contribution in [1.82, 2.24) is 0 Å². The van der Waals surface area contributed by atoms with Crippen LogP contribution in [-0.4, -0.2) is 15.0 Å². The van der Waals surface area contributed by atoms with E-state index in [0.717, 1.165) is 16.5 Å². The highest BCUT2D eigenvalue weighted by Gasteiger charge is 2.31. The molecule has 2 aromatic carbocycles. The third kappa shape index (κ3) is 3.23. The van der Waals surface area contributed by atoms with Crippen molar-refractivity contribution in [3.8, 4) is 0 Å². The molecule has 6 heteroatoms. The van der Waals surface area contributed by atoms with Crippen molar-refractivity contribution in [1.29, 1.82) is 0 Å². The number of nitrogens with zero attached hydrogens (tertiary/aromatic N) is 1. The predicted octanol–water partition coefficient (Wildman–Crippen LogP) is 4.87. The van der Waals surface area contributed by atoms with Gasteiger partial charge in [-0.3, -0.25) is 0 Å². The fraction of sp³-hybridized carbons (Fsp3) is 0.278. The Morgan fingerprint density at radius 3 is 2.50 bits per heavy atom. The van der Waals surface area contributed by atoms with Crippen LogP contribution in [0.4, 0.5) is 8.78 Å². The molecule has 1 aliphatic heterocycles. The maximum Gasteiger partial charge on any atom is 0.163 e. The van der Waals surface area contributed by atoms with Gasteiger partial charge in [0.05, 0.1) is 0 Å². The zero-order chi connectivity index (χ0) is 17.5. The highest BCUT2D eigenvalue weighted by molar-refractivity contribution is 7.98. The lowest BCUT2D eigenvalue weighted by molar-refractivity contribution is 0.502. The molecule has 0 fully saturated rings. The van der Waals surface area contributed by atoms with Crippen LogP contribution in [0.2, 0.25) is 0 Å². The van der Waals surface area contributed by atoms with E-state index in [0.29, 0.717) is 17.0 Å². The largest absolute Gasteiger partial charge is 0.591 e. The van der Waals surface area contributed by atoms with Gasteiger partial charge in [0.2, 0.25) is 0 Å². The van der Waals surface area contributed by atoms with Crippen molar-refractivity contribution >= 4 is 28.8 Å². The second-order valence-electron chi connectivity index (χ2n) is 6.47. The zero-order valence-corrected chi connectivity index (χ0v) is 15.2. The standard InChI is InChI=1S/C18H17F2NOS2/c1-18(2,3)24(22)21-17-11-8-9-14(19)16(20)13(11)10-23-15-7-5-4-6-12(15)17/h4-9H,10H2,1-3H3. The summed E-state index contributed by atoms with van der Waals surface area (Å²) in [5, 5.41) is 0. The van der Waals surface area contributed by atoms with Gasteiger partial charge in [-0.25, -0.2) is 8.78 Å². The highest BCUT2D eigenvalue weighted by Crippen LogP contribution is 2.36. The van der Waals surface area contributed by atoms with E-state index in [1.165, 1.54) is 17.8 Å². The first kappa shape index (κ1) is 17.5. The highest BCUT2D eigenvalue weighted by atomic mass is 32.2. The van der Waals surface area contributed by atoms with Crippen molar-refractivity contribution in [3.63, 3.8) is 0 Å². The summed E-state index contributed by atoms with van der Waals surface area (Å²) < 4.78 is 44.4. The fourth-order valence-electron chi connectivity index (χ4n) is 2.36. The molecule has 24 heavy (non-hydrogen) atoms. The molecule has 0 spiro atoms. The fourth-order valence-corrected chi connectivity index (χ4v) is 4.07. The number of rotatable bonds is 1. The van der Waals surface area contributed by atoms with Gasteiger partial charge in [0.15, 0.2) is 11.6 Å². The maximum absolute atomic E-state index is 14.3. The van der Waals surface area contributed by atoms with E-state index in [9.17, 15) is 13.3 Å². The molecule has 3 rings (SSSR count). The van der Waals surface area contributed by atoms with Gasteiger partial charge in [-0.15, -0.1) is 11.8 Å². The van der Waals surface area contributed by atoms with Gasteiger partial charge in [-0.2, -0.15) is 0 Å². The molecule has 0 saturated heterocycles. The smallest absolute Gasteiger partial charge is 0.163 e. The summed E-state index contributed by atoms with van der Waals surface area (Å²) in [6, 6.07) is 10.2. The Balaban J connectivity index is 2.26. The van der Waals surface area contributed by atoms with Crippen molar-refractivity contribution in [2.75, 3.05) is 0 Å². The minimum absolute atomic E-state index is 0.265. The van der Waals surface area contributed by atoms with Gasteiger partial charge in [0.1, 0.15) is 21.8 Å². The third-order valence-corrected chi connectivity index (χ3v) is 6.16. The van der Waals surface area contributed by atoms with E-state index >= 15 is 0 Å². The molecule has 0 aromatic heterocycles. The van der Waals surface area contributed by atoms with Gasteiger partial charge < -0.3 is 4.55 Å². The summed E-state index contributed by atoms with van der Waals surface area (Å²) in [7, 11) is 0. The van der Waals surface area contributed by atoms with Crippen LogP contribution in [0, 0.1) is 11.6 Å². The molecule has 1 heterocycles. The molecular weight excluding hydrogens is 348 g/mol. The Morgan fingerprint density at radius 1 is 1.08 bits per heavy atom. The number of hydrogen-bond acceptors (Lipinski definition) is 3. The lowest BCUT2D eigenvalue weighted by Crippen LogP contribution is -2.27. The molecule has 1 atom stereocenters. The van der Waals surface area contributed by atoms with Crippen LogP contribution in [-0.2, 0) is 17.1 Å². The van der Waals surface area contributed by atoms with E-state index in [-0.39, 0.29) is 5.56 Å². The van der Waals surface area contributed by atoms with Crippen LogP contribution < -0.4 is 0 Å². The minimum atomic E-state index is -1.51. The molecule has 0 bridgehead atoms. The molecular formula is C18H17F2NOS2. The molecule has 0 amide bonds. The topological polar surface area (TPSA) is 35.4 Å². The third-order valence-electron chi connectivity index (χ3n) is 3.66. The van der Waals surface area contributed by atoms with Crippen molar-refractivity contribution in [3.05, 3.63) is 64.7 Å². The molecule has 0 saturated carbocycles. The second-order valence-corrected chi connectivity index (χ2v) is 9.40. The average Bonchev–Trinajstić information content (AvgIpc) is 2.68. The second kappa shape index (κ2) is 6.50. The van der Waals surface area contributed by atoms with Crippen molar-refractivity contribution in [2.45, 2.75) is 36.2 Å².